The van der Waals surface area contributed by atoms with E-state index in [2.05, 4.69) is 10.6 Å². The second kappa shape index (κ2) is 5.79. The van der Waals surface area contributed by atoms with Crippen molar-refractivity contribution in [2.24, 2.45) is 0 Å². The van der Waals surface area contributed by atoms with Crippen LogP contribution in [0.25, 0.3) is 0 Å². The Balaban J connectivity index is 2.03. The van der Waals surface area contributed by atoms with Gasteiger partial charge in [0.05, 0.1) is 18.3 Å². The number of carbonyl (C=O) groups excluding carboxylic acids is 1. The Morgan fingerprint density at radius 1 is 1.45 bits per heavy atom. The molecule has 4 N–H and O–H groups in total. The number of aliphatic hydroxyl groups excluding tert-OH is 1. The van der Waals surface area contributed by atoms with Crippen LogP contribution in [0.4, 0.5) is 5.69 Å². The monoisotopic (exact) mass is 280 g/mol. The quantitative estimate of drug-likeness (QED) is 0.609. The zero-order chi connectivity index (χ0) is 14.7. The van der Waals surface area contributed by atoms with Crippen molar-refractivity contribution in [3.63, 3.8) is 0 Å². The minimum atomic E-state index is -1.36. The van der Waals surface area contributed by atoms with Crippen LogP contribution in [0.1, 0.15) is 6.92 Å². The topological polar surface area (TPSA) is 108 Å². The summed E-state index contributed by atoms with van der Waals surface area (Å²) in [6.07, 6.45) is -2.04. The number of hydrogen-bond acceptors (Lipinski definition) is 5. The van der Waals surface area contributed by atoms with E-state index < -0.39 is 30.1 Å². The van der Waals surface area contributed by atoms with Crippen LogP contribution in [0.5, 0.6) is 5.75 Å². The van der Waals surface area contributed by atoms with Crippen LogP contribution in [0.2, 0.25) is 0 Å². The summed E-state index contributed by atoms with van der Waals surface area (Å²) in [4.78, 5) is 22.9. The summed E-state index contributed by atoms with van der Waals surface area (Å²) in [5, 5.41) is 23.5. The van der Waals surface area contributed by atoms with Gasteiger partial charge in [0, 0.05) is 0 Å². The lowest BCUT2D eigenvalue weighted by Crippen LogP contribution is -2.53. The number of rotatable bonds is 4. The zero-order valence-electron chi connectivity index (χ0n) is 10.9. The van der Waals surface area contributed by atoms with Crippen molar-refractivity contribution in [3.8, 4) is 5.75 Å². The van der Waals surface area contributed by atoms with Gasteiger partial charge in [-0.1, -0.05) is 12.1 Å². The molecule has 0 aromatic heterocycles. The normalized spacial score (nSPS) is 19.8. The van der Waals surface area contributed by atoms with Crippen LogP contribution in [-0.2, 0) is 9.59 Å². The van der Waals surface area contributed by atoms with Gasteiger partial charge >= 0.3 is 5.97 Å². The number of hydrogen-bond donors (Lipinski definition) is 4. The van der Waals surface area contributed by atoms with E-state index >= 15 is 0 Å². The van der Waals surface area contributed by atoms with E-state index in [1.165, 1.54) is 6.92 Å². The molecular formula is C13H16N2O5. The Morgan fingerprint density at radius 2 is 2.15 bits per heavy atom. The highest BCUT2D eigenvalue weighted by molar-refractivity contribution is 5.87. The van der Waals surface area contributed by atoms with Gasteiger partial charge in [0.1, 0.15) is 5.75 Å². The van der Waals surface area contributed by atoms with Crippen molar-refractivity contribution in [3.05, 3.63) is 24.3 Å². The van der Waals surface area contributed by atoms with E-state index in [1.54, 1.807) is 12.1 Å². The van der Waals surface area contributed by atoms with E-state index in [1.807, 2.05) is 12.1 Å². The second-order valence-corrected chi connectivity index (χ2v) is 4.55. The lowest BCUT2D eigenvalue weighted by molar-refractivity contribution is -0.146. The summed E-state index contributed by atoms with van der Waals surface area (Å²) >= 11 is 0. The third kappa shape index (κ3) is 3.00. The number of para-hydroxylation sites is 2. The molecule has 0 saturated heterocycles. The van der Waals surface area contributed by atoms with Gasteiger partial charge in [-0.05, 0) is 19.1 Å². The van der Waals surface area contributed by atoms with Crippen molar-refractivity contribution in [2.45, 2.75) is 25.2 Å². The van der Waals surface area contributed by atoms with E-state index in [0.29, 0.717) is 5.75 Å². The third-order valence-electron chi connectivity index (χ3n) is 2.97. The molecule has 3 atom stereocenters. The number of benzene rings is 1. The predicted octanol–water partition coefficient (Wildman–Crippen LogP) is -0.190. The second-order valence-electron chi connectivity index (χ2n) is 4.55. The molecule has 0 fully saturated rings. The maximum atomic E-state index is 12.0. The van der Waals surface area contributed by atoms with Crippen LogP contribution in [0, 0.1) is 0 Å². The molecule has 1 heterocycles. The lowest BCUT2D eigenvalue weighted by Gasteiger charge is -2.28. The maximum Gasteiger partial charge on any atom is 0.328 e. The largest absolute Gasteiger partial charge is 0.480 e. The van der Waals surface area contributed by atoms with Crippen molar-refractivity contribution in [1.29, 1.82) is 0 Å². The van der Waals surface area contributed by atoms with E-state index in [4.69, 9.17) is 9.84 Å². The summed E-state index contributed by atoms with van der Waals surface area (Å²) in [6.45, 7) is 1.53. The molecule has 1 aliphatic heterocycles. The standard InChI is InChI=1S/C13H16N2O5/c1-7(16)11(13(18)19)15-12(17)10-6-14-8-4-2-3-5-9(8)20-10/h2-5,7,10-11,14,16H,6H2,1H3,(H,15,17)(H,18,19)/t7-,10?,11+/m1/s1. The van der Waals surface area contributed by atoms with Crippen LogP contribution in [-0.4, -0.2) is 46.9 Å². The number of anilines is 1. The first-order chi connectivity index (χ1) is 9.49. The highest BCUT2D eigenvalue weighted by Crippen LogP contribution is 2.28. The summed E-state index contributed by atoms with van der Waals surface area (Å²) in [5.41, 5.74) is 0.780. The van der Waals surface area contributed by atoms with Crippen LogP contribution >= 0.6 is 0 Å². The van der Waals surface area contributed by atoms with Gasteiger partial charge < -0.3 is 25.6 Å². The number of ether oxygens (including phenoxy) is 1. The number of carboxylic acid groups (broad SMARTS) is 1. The smallest absolute Gasteiger partial charge is 0.328 e. The zero-order valence-corrected chi connectivity index (χ0v) is 10.9. The van der Waals surface area contributed by atoms with E-state index in [0.717, 1.165) is 5.69 Å². The third-order valence-corrected chi connectivity index (χ3v) is 2.97. The number of amides is 1. The highest BCUT2D eigenvalue weighted by atomic mass is 16.5. The van der Waals surface area contributed by atoms with E-state index in [9.17, 15) is 14.7 Å². The number of carbonyl (C=O) groups is 2. The number of carboxylic acids is 1. The fourth-order valence-corrected chi connectivity index (χ4v) is 1.89. The van der Waals surface area contributed by atoms with Gasteiger partial charge in [0.15, 0.2) is 12.1 Å². The molecule has 20 heavy (non-hydrogen) atoms. The summed E-state index contributed by atoms with van der Waals surface area (Å²) in [6, 6.07) is 5.79. The van der Waals surface area contributed by atoms with Gasteiger partial charge in [-0.25, -0.2) is 4.79 Å². The summed E-state index contributed by atoms with van der Waals surface area (Å²) in [5.74, 6) is -1.35. The Hall–Kier alpha value is -2.28. The molecule has 1 amide bonds. The molecule has 0 aliphatic carbocycles. The molecule has 1 unspecified atom stereocenters. The van der Waals surface area contributed by atoms with Gasteiger partial charge in [-0.15, -0.1) is 0 Å². The summed E-state index contributed by atoms with van der Waals surface area (Å²) < 4.78 is 5.50. The maximum absolute atomic E-state index is 12.0. The molecule has 0 radical (unpaired) electrons. The fourth-order valence-electron chi connectivity index (χ4n) is 1.89. The van der Waals surface area contributed by atoms with Crippen molar-refractivity contribution >= 4 is 17.6 Å². The fraction of sp³-hybridized carbons (Fsp3) is 0.385. The molecular weight excluding hydrogens is 264 g/mol. The Bertz CT molecular complexity index is 517. The van der Waals surface area contributed by atoms with Crippen LogP contribution < -0.4 is 15.4 Å². The number of fused-ring (bicyclic) bond motifs is 1. The van der Waals surface area contributed by atoms with Crippen molar-refractivity contribution < 1.29 is 24.5 Å². The Kier molecular flexibility index (Phi) is 4.09. The van der Waals surface area contributed by atoms with Crippen LogP contribution in [0.15, 0.2) is 24.3 Å². The molecule has 0 saturated carbocycles. The molecule has 2 rings (SSSR count). The van der Waals surface area contributed by atoms with E-state index in [-0.39, 0.29) is 6.54 Å². The highest BCUT2D eigenvalue weighted by Gasteiger charge is 2.31. The minimum absolute atomic E-state index is 0.231. The van der Waals surface area contributed by atoms with Gasteiger partial charge in [0.25, 0.3) is 5.91 Å². The molecule has 1 aliphatic rings. The SMILES string of the molecule is C[C@@H](O)[C@H](NC(=O)C1CNc2ccccc2O1)C(=O)O. The lowest BCUT2D eigenvalue weighted by atomic mass is 10.1. The molecule has 1 aromatic carbocycles. The first kappa shape index (κ1) is 14.1. The average Bonchev–Trinajstić information content (AvgIpc) is 2.43. The Labute approximate surface area is 115 Å². The summed E-state index contributed by atoms with van der Waals surface area (Å²) in [7, 11) is 0. The molecule has 1 aromatic rings. The Morgan fingerprint density at radius 3 is 2.80 bits per heavy atom. The molecule has 0 bridgehead atoms. The number of aliphatic hydroxyl groups is 1. The van der Waals surface area contributed by atoms with Crippen molar-refractivity contribution in [1.82, 2.24) is 5.32 Å². The number of aliphatic carboxylic acids is 1. The van der Waals surface area contributed by atoms with Gasteiger partial charge in [-0.2, -0.15) is 0 Å². The molecule has 7 heteroatoms. The molecule has 108 valence electrons. The first-order valence-corrected chi connectivity index (χ1v) is 6.20. The number of nitrogens with one attached hydrogen (secondary N) is 2. The van der Waals surface area contributed by atoms with Crippen molar-refractivity contribution in [2.75, 3.05) is 11.9 Å². The van der Waals surface area contributed by atoms with Gasteiger partial charge in [-0.3, -0.25) is 4.79 Å². The van der Waals surface area contributed by atoms with Crippen LogP contribution in [0.3, 0.4) is 0 Å². The molecule has 7 nitrogen and oxygen atoms in total. The molecule has 0 spiro atoms. The predicted molar refractivity (Wildman–Crippen MR) is 70.6 cm³/mol. The van der Waals surface area contributed by atoms with Gasteiger partial charge in [0.2, 0.25) is 0 Å². The first-order valence-electron chi connectivity index (χ1n) is 6.20. The minimum Gasteiger partial charge on any atom is -0.480 e. The average molecular weight is 280 g/mol.